The third kappa shape index (κ3) is 4.82. The zero-order valence-corrected chi connectivity index (χ0v) is 19.8. The second-order valence-electron chi connectivity index (χ2n) is 8.59. The van der Waals surface area contributed by atoms with Crippen molar-refractivity contribution in [2.45, 2.75) is 12.7 Å². The van der Waals surface area contributed by atoms with Gasteiger partial charge in [-0.15, -0.1) is 0 Å². The first kappa shape index (κ1) is 25.4. The van der Waals surface area contributed by atoms with Crippen molar-refractivity contribution in [2.24, 2.45) is 5.73 Å². The molecule has 10 nitrogen and oxygen atoms in total. The van der Waals surface area contributed by atoms with Crippen LogP contribution in [0.4, 0.5) is 39.7 Å². The molecule has 4 N–H and O–H groups in total. The van der Waals surface area contributed by atoms with E-state index in [1.54, 1.807) is 10.6 Å². The molecule has 0 saturated carbocycles. The number of pyridine rings is 1. The lowest BCUT2D eigenvalue weighted by molar-refractivity contribution is -0.137. The van der Waals surface area contributed by atoms with E-state index in [4.69, 9.17) is 16.2 Å². The van der Waals surface area contributed by atoms with Gasteiger partial charge in [0, 0.05) is 37.0 Å². The van der Waals surface area contributed by atoms with Crippen LogP contribution in [0.2, 0.25) is 0 Å². The minimum absolute atomic E-state index is 0.166. The number of rotatable bonds is 5. The van der Waals surface area contributed by atoms with Crippen molar-refractivity contribution in [2.75, 3.05) is 36.9 Å². The molecule has 5 rings (SSSR count). The Morgan fingerprint density at radius 3 is 2.53 bits per heavy atom. The number of nitrogens with zero attached hydrogens (tertiary/aromatic N) is 6. The Morgan fingerprint density at radius 2 is 1.87 bits per heavy atom. The van der Waals surface area contributed by atoms with Crippen LogP contribution in [-0.4, -0.2) is 56.8 Å². The molecule has 3 aromatic heterocycles. The van der Waals surface area contributed by atoms with Crippen LogP contribution in [0.1, 0.15) is 11.3 Å². The van der Waals surface area contributed by atoms with Crippen molar-refractivity contribution in [1.82, 2.24) is 24.5 Å². The first-order chi connectivity index (χ1) is 18.1. The smallest absolute Gasteiger partial charge is 0.382 e. The summed E-state index contributed by atoms with van der Waals surface area (Å²) in [4.78, 5) is 23.3. The number of urea groups is 1. The van der Waals surface area contributed by atoms with E-state index in [2.05, 4.69) is 20.0 Å². The Kier molecular flexibility index (Phi) is 6.59. The maximum atomic E-state index is 14.5. The molecule has 198 valence electrons. The van der Waals surface area contributed by atoms with Gasteiger partial charge in [0.2, 0.25) is 0 Å². The second kappa shape index (κ2) is 9.87. The highest BCUT2D eigenvalue weighted by molar-refractivity contribution is 5.98. The summed E-state index contributed by atoms with van der Waals surface area (Å²) >= 11 is 0. The number of halogens is 4. The average Bonchev–Trinajstić information content (AvgIpc) is 3.25. The van der Waals surface area contributed by atoms with E-state index in [0.717, 1.165) is 18.8 Å². The number of morpholine rings is 1. The monoisotopic (exact) mass is 530 g/mol. The number of hydrogen-bond acceptors (Lipinski definition) is 7. The molecule has 1 fully saturated rings. The molecular weight excluding hydrogens is 508 g/mol. The van der Waals surface area contributed by atoms with Gasteiger partial charge >= 0.3 is 12.2 Å². The van der Waals surface area contributed by atoms with Crippen molar-refractivity contribution < 1.29 is 27.1 Å². The van der Waals surface area contributed by atoms with Crippen LogP contribution < -0.4 is 16.4 Å². The van der Waals surface area contributed by atoms with Gasteiger partial charge in [-0.1, -0.05) is 0 Å². The lowest BCUT2D eigenvalue weighted by atomic mass is 10.1. The Bertz CT molecular complexity index is 1480. The highest BCUT2D eigenvalue weighted by Crippen LogP contribution is 2.36. The van der Waals surface area contributed by atoms with Gasteiger partial charge in [-0.25, -0.2) is 28.6 Å². The van der Waals surface area contributed by atoms with Crippen LogP contribution in [0.25, 0.3) is 16.6 Å². The molecule has 0 aliphatic carbocycles. The molecule has 4 aromatic rings. The van der Waals surface area contributed by atoms with E-state index in [9.17, 15) is 22.4 Å². The van der Waals surface area contributed by atoms with Gasteiger partial charge in [-0.3, -0.25) is 4.90 Å². The summed E-state index contributed by atoms with van der Waals surface area (Å²) in [5.74, 6) is -1.00. The molecule has 0 atom stereocenters. The summed E-state index contributed by atoms with van der Waals surface area (Å²) in [6, 6.07) is 5.32. The van der Waals surface area contributed by atoms with Crippen molar-refractivity contribution >= 4 is 28.9 Å². The summed E-state index contributed by atoms with van der Waals surface area (Å²) in [6.07, 6.45) is -2.01. The molecule has 4 heterocycles. The van der Waals surface area contributed by atoms with E-state index in [-0.39, 0.29) is 11.6 Å². The Hall–Kier alpha value is -4.30. The molecule has 1 aliphatic heterocycles. The SMILES string of the molecule is NC(=O)N(c1ccc(-c2cc(CN3CCOCC3)n3ncnc(N)c23)cn1)c1cc(C(F)(F)F)ccc1F. The van der Waals surface area contributed by atoms with Crippen LogP contribution in [-0.2, 0) is 17.5 Å². The number of anilines is 3. The van der Waals surface area contributed by atoms with E-state index < -0.39 is 29.3 Å². The van der Waals surface area contributed by atoms with Crippen molar-refractivity contribution in [3.8, 4) is 11.1 Å². The number of carbonyl (C=O) groups excluding carboxylic acids is 1. The fraction of sp³-hybridized carbons (Fsp3) is 0.250. The maximum Gasteiger partial charge on any atom is 0.416 e. The summed E-state index contributed by atoms with van der Waals surface area (Å²) in [5, 5.41) is 4.34. The van der Waals surface area contributed by atoms with Gasteiger partial charge in [-0.2, -0.15) is 18.3 Å². The molecule has 0 unspecified atom stereocenters. The van der Waals surface area contributed by atoms with Crippen LogP contribution in [0.5, 0.6) is 0 Å². The number of alkyl halides is 3. The molecule has 0 bridgehead atoms. The van der Waals surface area contributed by atoms with E-state index >= 15 is 0 Å². The van der Waals surface area contributed by atoms with Gasteiger partial charge < -0.3 is 16.2 Å². The molecule has 1 aliphatic rings. The Balaban J connectivity index is 1.53. The standard InChI is InChI=1S/C24H22F4N8O2/c25-18-3-2-15(24(26,27)28)9-19(18)35(23(30)37)20-4-1-14(11-31-20)17-10-16(12-34-5-7-38-8-6-34)36-21(17)22(29)32-13-33-36/h1-4,9-11,13H,5-8,12H2,(H2,30,37)(H2,29,32,33). The first-order valence-electron chi connectivity index (χ1n) is 11.5. The topological polar surface area (TPSA) is 128 Å². The predicted molar refractivity (Wildman–Crippen MR) is 130 cm³/mol. The van der Waals surface area contributed by atoms with Gasteiger partial charge in [-0.05, 0) is 36.4 Å². The molecule has 0 radical (unpaired) electrons. The van der Waals surface area contributed by atoms with Gasteiger partial charge in [0.15, 0.2) is 5.82 Å². The van der Waals surface area contributed by atoms with Crippen molar-refractivity contribution in [3.63, 3.8) is 0 Å². The Labute approximate surface area is 213 Å². The maximum absolute atomic E-state index is 14.5. The van der Waals surface area contributed by atoms with Crippen LogP contribution in [0, 0.1) is 5.82 Å². The third-order valence-corrected chi connectivity index (χ3v) is 6.17. The first-order valence-corrected chi connectivity index (χ1v) is 11.5. The lowest BCUT2D eigenvalue weighted by Crippen LogP contribution is -2.36. The number of fused-ring (bicyclic) bond motifs is 1. The number of hydrogen-bond donors (Lipinski definition) is 2. The predicted octanol–water partition coefficient (Wildman–Crippen LogP) is 3.58. The van der Waals surface area contributed by atoms with E-state index in [1.807, 2.05) is 6.07 Å². The van der Waals surface area contributed by atoms with Crippen molar-refractivity contribution in [3.05, 3.63) is 66.0 Å². The highest BCUT2D eigenvalue weighted by Gasteiger charge is 2.33. The number of primary amides is 1. The van der Waals surface area contributed by atoms with E-state index in [1.165, 1.54) is 18.6 Å². The summed E-state index contributed by atoms with van der Waals surface area (Å²) in [5.41, 5.74) is 12.4. The summed E-state index contributed by atoms with van der Waals surface area (Å²) in [7, 11) is 0. The fourth-order valence-electron chi connectivity index (χ4n) is 4.35. The van der Waals surface area contributed by atoms with Gasteiger partial charge in [0.1, 0.15) is 23.5 Å². The normalized spacial score (nSPS) is 14.6. The van der Waals surface area contributed by atoms with Crippen LogP contribution >= 0.6 is 0 Å². The number of nitrogens with two attached hydrogens (primary N) is 2. The average molecular weight is 530 g/mol. The number of ether oxygens (including phenoxy) is 1. The lowest BCUT2D eigenvalue weighted by Gasteiger charge is -2.26. The zero-order valence-electron chi connectivity index (χ0n) is 19.8. The number of carbonyl (C=O) groups is 1. The number of amides is 2. The number of aromatic nitrogens is 4. The number of benzene rings is 1. The molecule has 38 heavy (non-hydrogen) atoms. The summed E-state index contributed by atoms with van der Waals surface area (Å²) < 4.78 is 61.3. The van der Waals surface area contributed by atoms with Crippen molar-refractivity contribution in [1.29, 1.82) is 0 Å². The van der Waals surface area contributed by atoms with Crippen LogP contribution in [0.15, 0.2) is 48.9 Å². The minimum Gasteiger partial charge on any atom is -0.382 e. The molecule has 14 heteroatoms. The van der Waals surface area contributed by atoms with Crippen LogP contribution in [0.3, 0.4) is 0 Å². The minimum atomic E-state index is -4.75. The zero-order chi connectivity index (χ0) is 27.0. The third-order valence-electron chi connectivity index (χ3n) is 6.17. The largest absolute Gasteiger partial charge is 0.416 e. The molecule has 2 amide bonds. The highest BCUT2D eigenvalue weighted by atomic mass is 19.4. The Morgan fingerprint density at radius 1 is 1.11 bits per heavy atom. The molecule has 1 saturated heterocycles. The number of nitrogen functional groups attached to an aromatic ring is 1. The second-order valence-corrected chi connectivity index (χ2v) is 8.59. The molecule has 0 spiro atoms. The quantitative estimate of drug-likeness (QED) is 0.378. The molecular formula is C24H22F4N8O2. The van der Waals surface area contributed by atoms with E-state index in [0.29, 0.717) is 59.5 Å². The summed E-state index contributed by atoms with van der Waals surface area (Å²) in [6.45, 7) is 3.35. The molecule has 1 aromatic carbocycles. The van der Waals surface area contributed by atoms with Gasteiger partial charge in [0.25, 0.3) is 0 Å². The fourth-order valence-corrected chi connectivity index (χ4v) is 4.35. The van der Waals surface area contributed by atoms with Gasteiger partial charge in [0.05, 0.1) is 30.2 Å².